The molecule has 120 valence electrons. The van der Waals surface area contributed by atoms with Gasteiger partial charge in [-0.3, -0.25) is 0 Å². The van der Waals surface area contributed by atoms with E-state index in [0.29, 0.717) is 17.4 Å². The van der Waals surface area contributed by atoms with Crippen LogP contribution in [0.2, 0.25) is 0 Å². The van der Waals surface area contributed by atoms with Crippen LogP contribution < -0.4 is 5.73 Å². The maximum Gasteiger partial charge on any atom is 0.0558 e. The summed E-state index contributed by atoms with van der Waals surface area (Å²) in [5, 5.41) is 9.24. The summed E-state index contributed by atoms with van der Waals surface area (Å²) in [4.78, 5) is 2.42. The molecule has 3 unspecified atom stereocenters. The van der Waals surface area contributed by atoms with Gasteiger partial charge in [0.15, 0.2) is 0 Å². The highest BCUT2D eigenvalue weighted by Gasteiger charge is 2.34. The molecular formula is C17H36N2O. The minimum absolute atomic E-state index is 0.258. The predicted octanol–water partition coefficient (Wildman–Crippen LogP) is 2.87. The molecule has 1 fully saturated rings. The van der Waals surface area contributed by atoms with Gasteiger partial charge in [-0.15, -0.1) is 0 Å². The Labute approximate surface area is 125 Å². The fraction of sp³-hybridized carbons (Fsp3) is 1.00. The van der Waals surface area contributed by atoms with Crippen LogP contribution in [0.1, 0.15) is 59.8 Å². The number of aliphatic hydroxyl groups excluding tert-OH is 1. The van der Waals surface area contributed by atoms with Crippen molar-refractivity contribution in [2.75, 3.05) is 26.2 Å². The molecule has 1 saturated carbocycles. The van der Waals surface area contributed by atoms with Crippen LogP contribution in [0.5, 0.6) is 0 Å². The maximum atomic E-state index is 9.24. The number of aliphatic hydroxyl groups is 1. The van der Waals surface area contributed by atoms with Crippen molar-refractivity contribution in [3.8, 4) is 0 Å². The Kier molecular flexibility index (Phi) is 7.49. The quantitative estimate of drug-likeness (QED) is 0.756. The Morgan fingerprint density at radius 1 is 1.20 bits per heavy atom. The molecule has 0 spiro atoms. The average Bonchev–Trinajstić information content (AvgIpc) is 2.37. The summed E-state index contributed by atoms with van der Waals surface area (Å²) in [6.07, 6.45) is 6.11. The van der Waals surface area contributed by atoms with Gasteiger partial charge in [-0.25, -0.2) is 0 Å². The zero-order valence-corrected chi connectivity index (χ0v) is 14.1. The molecule has 3 N–H and O–H groups in total. The highest BCUT2D eigenvalue weighted by molar-refractivity contribution is 4.88. The molecule has 0 aromatic rings. The number of rotatable bonds is 7. The molecule has 20 heavy (non-hydrogen) atoms. The Morgan fingerprint density at radius 3 is 2.45 bits per heavy atom. The van der Waals surface area contributed by atoms with Gasteiger partial charge < -0.3 is 15.7 Å². The molecule has 0 radical (unpaired) electrons. The largest absolute Gasteiger partial charge is 0.395 e. The van der Waals surface area contributed by atoms with E-state index < -0.39 is 0 Å². The molecule has 0 saturated heterocycles. The van der Waals surface area contributed by atoms with Gasteiger partial charge in [0.25, 0.3) is 0 Å². The van der Waals surface area contributed by atoms with E-state index in [1.54, 1.807) is 0 Å². The lowest BCUT2D eigenvalue weighted by molar-refractivity contribution is 0.0912. The minimum Gasteiger partial charge on any atom is -0.395 e. The number of hydrogen-bond acceptors (Lipinski definition) is 3. The van der Waals surface area contributed by atoms with Crippen molar-refractivity contribution in [3.05, 3.63) is 0 Å². The second kappa shape index (κ2) is 8.35. The van der Waals surface area contributed by atoms with Crippen molar-refractivity contribution in [2.24, 2.45) is 23.0 Å². The average molecular weight is 284 g/mol. The molecule has 3 atom stereocenters. The van der Waals surface area contributed by atoms with Crippen molar-refractivity contribution in [2.45, 2.75) is 65.8 Å². The van der Waals surface area contributed by atoms with Gasteiger partial charge >= 0.3 is 0 Å². The lowest BCUT2D eigenvalue weighted by atomic mass is 9.67. The van der Waals surface area contributed by atoms with E-state index in [1.165, 1.54) is 25.7 Å². The minimum atomic E-state index is 0.258. The van der Waals surface area contributed by atoms with Crippen molar-refractivity contribution >= 4 is 0 Å². The highest BCUT2D eigenvalue weighted by atomic mass is 16.3. The topological polar surface area (TPSA) is 49.5 Å². The maximum absolute atomic E-state index is 9.24. The van der Waals surface area contributed by atoms with E-state index in [0.717, 1.165) is 32.0 Å². The second-order valence-corrected chi connectivity index (χ2v) is 7.68. The van der Waals surface area contributed by atoms with Crippen molar-refractivity contribution < 1.29 is 5.11 Å². The number of nitrogens with two attached hydrogens (primary N) is 1. The first-order valence-electron chi connectivity index (χ1n) is 8.47. The number of hydrogen-bond donors (Lipinski definition) is 2. The van der Waals surface area contributed by atoms with Crippen LogP contribution in [0.15, 0.2) is 0 Å². The molecule has 0 heterocycles. The zero-order chi connectivity index (χ0) is 15.2. The Balaban J connectivity index is 2.56. The summed E-state index contributed by atoms with van der Waals surface area (Å²) in [7, 11) is 0. The van der Waals surface area contributed by atoms with Crippen LogP contribution in [0.4, 0.5) is 0 Å². The van der Waals surface area contributed by atoms with Crippen LogP contribution in [0.3, 0.4) is 0 Å². The summed E-state index contributed by atoms with van der Waals surface area (Å²) < 4.78 is 0. The normalized spacial score (nSPS) is 28.1. The summed E-state index contributed by atoms with van der Waals surface area (Å²) in [5.41, 5.74) is 6.76. The summed E-state index contributed by atoms with van der Waals surface area (Å²) in [6.45, 7) is 12.5. The van der Waals surface area contributed by atoms with Crippen molar-refractivity contribution in [3.63, 3.8) is 0 Å². The summed E-state index contributed by atoms with van der Waals surface area (Å²) in [5.74, 6) is 1.38. The molecule has 0 aromatic heterocycles. The Morgan fingerprint density at radius 2 is 1.90 bits per heavy atom. The van der Waals surface area contributed by atoms with Gasteiger partial charge in [0.05, 0.1) is 6.61 Å². The van der Waals surface area contributed by atoms with E-state index >= 15 is 0 Å². The van der Waals surface area contributed by atoms with Crippen LogP contribution in [0, 0.1) is 17.3 Å². The molecule has 0 aromatic carbocycles. The molecular weight excluding hydrogens is 248 g/mol. The number of nitrogens with zero attached hydrogens (tertiary/aromatic N) is 1. The van der Waals surface area contributed by atoms with E-state index in [1.807, 2.05) is 0 Å². The third-order valence-corrected chi connectivity index (χ3v) is 5.00. The predicted molar refractivity (Wildman–Crippen MR) is 86.7 cm³/mol. The Hall–Kier alpha value is -0.120. The zero-order valence-electron chi connectivity index (χ0n) is 14.1. The summed E-state index contributed by atoms with van der Waals surface area (Å²) >= 11 is 0. The fourth-order valence-electron chi connectivity index (χ4n) is 3.43. The van der Waals surface area contributed by atoms with Gasteiger partial charge in [-0.05, 0) is 49.5 Å². The summed E-state index contributed by atoms with van der Waals surface area (Å²) in [6, 6.07) is 0.344. The molecule has 1 aliphatic rings. The SMILES string of the molecule is CCCCN(CCO)CC1CC(C(C)(C)C)CCC1N. The smallest absolute Gasteiger partial charge is 0.0558 e. The van der Waals surface area contributed by atoms with Gasteiger partial charge in [-0.1, -0.05) is 34.1 Å². The lowest BCUT2D eigenvalue weighted by Crippen LogP contribution is -2.45. The molecule has 1 aliphatic carbocycles. The van der Waals surface area contributed by atoms with Crippen LogP contribution in [-0.2, 0) is 0 Å². The molecule has 0 bridgehead atoms. The van der Waals surface area contributed by atoms with E-state index in [4.69, 9.17) is 5.73 Å². The first kappa shape index (κ1) is 17.9. The monoisotopic (exact) mass is 284 g/mol. The second-order valence-electron chi connectivity index (χ2n) is 7.68. The van der Waals surface area contributed by atoms with Gasteiger partial charge in [0.2, 0.25) is 0 Å². The molecule has 3 heteroatoms. The van der Waals surface area contributed by atoms with E-state index in [-0.39, 0.29) is 6.61 Å². The van der Waals surface area contributed by atoms with Crippen molar-refractivity contribution in [1.82, 2.24) is 4.90 Å². The van der Waals surface area contributed by atoms with Crippen molar-refractivity contribution in [1.29, 1.82) is 0 Å². The lowest BCUT2D eigenvalue weighted by Gasteiger charge is -2.42. The molecule has 0 amide bonds. The van der Waals surface area contributed by atoms with Gasteiger partial charge in [0.1, 0.15) is 0 Å². The molecule has 3 nitrogen and oxygen atoms in total. The molecule has 1 rings (SSSR count). The van der Waals surface area contributed by atoms with Gasteiger partial charge in [0, 0.05) is 19.1 Å². The fourth-order valence-corrected chi connectivity index (χ4v) is 3.43. The first-order chi connectivity index (χ1) is 9.38. The standard InChI is InChI=1S/C17H36N2O/c1-5-6-9-19(10-11-20)13-14-12-15(17(2,3)4)7-8-16(14)18/h14-16,20H,5-13,18H2,1-4H3. The van der Waals surface area contributed by atoms with Gasteiger partial charge in [-0.2, -0.15) is 0 Å². The van der Waals surface area contributed by atoms with Crippen LogP contribution in [-0.4, -0.2) is 42.3 Å². The van der Waals surface area contributed by atoms with Crippen LogP contribution >= 0.6 is 0 Å². The highest BCUT2D eigenvalue weighted by Crippen LogP contribution is 2.40. The van der Waals surface area contributed by atoms with E-state index in [2.05, 4.69) is 32.6 Å². The number of unbranched alkanes of at least 4 members (excludes halogenated alkanes) is 1. The Bertz CT molecular complexity index is 262. The third-order valence-electron chi connectivity index (χ3n) is 5.00. The third kappa shape index (κ3) is 5.71. The first-order valence-corrected chi connectivity index (χ1v) is 8.47. The van der Waals surface area contributed by atoms with Crippen LogP contribution in [0.25, 0.3) is 0 Å². The van der Waals surface area contributed by atoms with E-state index in [9.17, 15) is 5.11 Å². The molecule has 0 aliphatic heterocycles.